The van der Waals surface area contributed by atoms with Gasteiger partial charge in [-0.2, -0.15) is 0 Å². The minimum atomic E-state index is -0.383. The lowest BCUT2D eigenvalue weighted by molar-refractivity contribution is 0.600. The van der Waals surface area contributed by atoms with Gasteiger partial charge in [-0.3, -0.25) is 4.79 Å². The van der Waals surface area contributed by atoms with Crippen LogP contribution in [0.25, 0.3) is 22.3 Å². The van der Waals surface area contributed by atoms with E-state index in [2.05, 4.69) is 0 Å². The first-order valence-electron chi connectivity index (χ1n) is 6.55. The molecule has 0 radical (unpaired) electrons. The van der Waals surface area contributed by atoms with Crippen LogP contribution in [-0.4, -0.2) is 0 Å². The van der Waals surface area contributed by atoms with Crippen LogP contribution >= 0.6 is 12.4 Å². The van der Waals surface area contributed by atoms with E-state index in [1.807, 2.05) is 42.5 Å². The Morgan fingerprint density at radius 3 is 2.29 bits per heavy atom. The topological polar surface area (TPSA) is 56.2 Å². The van der Waals surface area contributed by atoms with Crippen molar-refractivity contribution < 1.29 is 4.42 Å². The molecule has 2 aromatic carbocycles. The lowest BCUT2D eigenvalue weighted by atomic mass is 10.0. The number of para-hydroxylation sites is 1. The first kappa shape index (κ1) is 15.3. The lowest BCUT2D eigenvalue weighted by Crippen LogP contribution is -2.19. The third kappa shape index (κ3) is 2.71. The average molecular weight is 302 g/mol. The highest BCUT2D eigenvalue weighted by Gasteiger charge is 2.18. The van der Waals surface area contributed by atoms with Crippen LogP contribution in [0.15, 0.2) is 63.8 Å². The third-order valence-corrected chi connectivity index (χ3v) is 3.32. The minimum absolute atomic E-state index is 0. The molecule has 0 aliphatic heterocycles. The molecule has 3 aromatic rings. The van der Waals surface area contributed by atoms with E-state index in [1.165, 1.54) is 0 Å². The predicted octanol–water partition coefficient (Wildman–Crippen LogP) is 3.90. The zero-order valence-electron chi connectivity index (χ0n) is 11.6. The van der Waals surface area contributed by atoms with Crippen LogP contribution in [-0.2, 0) is 0 Å². The van der Waals surface area contributed by atoms with Gasteiger partial charge in [0.25, 0.3) is 0 Å². The summed E-state index contributed by atoms with van der Waals surface area (Å²) in [6.07, 6.45) is 0. The number of fused-ring (bicyclic) bond motifs is 1. The normalized spacial score (nSPS) is 11.9. The van der Waals surface area contributed by atoms with Crippen molar-refractivity contribution in [1.29, 1.82) is 0 Å². The molecule has 0 saturated heterocycles. The molecule has 2 N–H and O–H groups in total. The van der Waals surface area contributed by atoms with Gasteiger partial charge in [0.2, 0.25) is 0 Å². The van der Waals surface area contributed by atoms with Gasteiger partial charge in [-0.15, -0.1) is 12.4 Å². The smallest absolute Gasteiger partial charge is 0.198 e. The van der Waals surface area contributed by atoms with Gasteiger partial charge in [0.15, 0.2) is 5.43 Å². The largest absolute Gasteiger partial charge is 0.455 e. The summed E-state index contributed by atoms with van der Waals surface area (Å²) in [5.74, 6) is 0.560. The molecule has 1 aromatic heterocycles. The van der Waals surface area contributed by atoms with Gasteiger partial charge in [-0.25, -0.2) is 0 Å². The Morgan fingerprint density at radius 2 is 1.62 bits per heavy atom. The molecule has 1 heterocycles. The van der Waals surface area contributed by atoms with E-state index in [9.17, 15) is 4.79 Å². The second-order valence-electron chi connectivity index (χ2n) is 4.82. The Hall–Kier alpha value is -2.10. The Labute approximate surface area is 128 Å². The van der Waals surface area contributed by atoms with Crippen molar-refractivity contribution in [2.45, 2.75) is 13.0 Å². The molecule has 4 heteroatoms. The van der Waals surface area contributed by atoms with Crippen LogP contribution in [0, 0.1) is 0 Å². The summed E-state index contributed by atoms with van der Waals surface area (Å²) in [6.45, 7) is 1.80. The zero-order valence-corrected chi connectivity index (χ0v) is 12.4. The molecule has 3 rings (SSSR count). The standard InChI is InChI=1S/C17H15NO2.ClH/c1-11(18)15-16(19)13-9-5-6-10-14(13)20-17(15)12-7-3-2-4-8-12;/h2-11H,18H2,1H3;1H. The van der Waals surface area contributed by atoms with Crippen LogP contribution in [0.5, 0.6) is 0 Å². The van der Waals surface area contributed by atoms with Crippen LogP contribution in [0.4, 0.5) is 0 Å². The summed E-state index contributed by atoms with van der Waals surface area (Å²) in [4.78, 5) is 12.6. The van der Waals surface area contributed by atoms with Crippen LogP contribution in [0.2, 0.25) is 0 Å². The fourth-order valence-electron chi connectivity index (χ4n) is 2.37. The average Bonchev–Trinajstić information content (AvgIpc) is 2.47. The van der Waals surface area contributed by atoms with E-state index < -0.39 is 0 Å². The van der Waals surface area contributed by atoms with Crippen molar-refractivity contribution in [3.8, 4) is 11.3 Å². The van der Waals surface area contributed by atoms with Gasteiger partial charge >= 0.3 is 0 Å². The first-order chi connectivity index (χ1) is 9.68. The Kier molecular flexibility index (Phi) is 4.46. The SMILES string of the molecule is CC(N)c1c(-c2ccccc2)oc2ccccc2c1=O.Cl. The van der Waals surface area contributed by atoms with E-state index in [0.29, 0.717) is 22.3 Å². The van der Waals surface area contributed by atoms with Gasteiger partial charge in [0, 0.05) is 11.6 Å². The second-order valence-corrected chi connectivity index (χ2v) is 4.82. The number of rotatable bonds is 2. The fraction of sp³-hybridized carbons (Fsp3) is 0.118. The van der Waals surface area contributed by atoms with E-state index in [-0.39, 0.29) is 23.9 Å². The molecule has 0 spiro atoms. The third-order valence-electron chi connectivity index (χ3n) is 3.32. The van der Waals surface area contributed by atoms with Crippen LogP contribution < -0.4 is 11.2 Å². The van der Waals surface area contributed by atoms with Gasteiger partial charge in [-0.05, 0) is 19.1 Å². The van der Waals surface area contributed by atoms with E-state index in [1.54, 1.807) is 19.1 Å². The molecular weight excluding hydrogens is 286 g/mol. The lowest BCUT2D eigenvalue weighted by Gasteiger charge is -2.12. The summed E-state index contributed by atoms with van der Waals surface area (Å²) in [6, 6.07) is 16.4. The molecule has 1 atom stereocenters. The Balaban J connectivity index is 0.00000161. The van der Waals surface area contributed by atoms with Gasteiger partial charge in [-0.1, -0.05) is 42.5 Å². The van der Waals surface area contributed by atoms with Crippen molar-refractivity contribution in [3.05, 3.63) is 70.4 Å². The summed E-state index contributed by atoms with van der Waals surface area (Å²) in [7, 11) is 0. The van der Waals surface area contributed by atoms with Crippen molar-refractivity contribution in [2.75, 3.05) is 0 Å². The molecule has 21 heavy (non-hydrogen) atoms. The molecule has 0 aliphatic carbocycles. The maximum atomic E-state index is 12.6. The van der Waals surface area contributed by atoms with Gasteiger partial charge in [0.1, 0.15) is 11.3 Å². The molecule has 0 amide bonds. The monoisotopic (exact) mass is 301 g/mol. The van der Waals surface area contributed by atoms with E-state index in [4.69, 9.17) is 10.2 Å². The van der Waals surface area contributed by atoms with Crippen molar-refractivity contribution >= 4 is 23.4 Å². The van der Waals surface area contributed by atoms with Gasteiger partial charge in [0.05, 0.1) is 10.9 Å². The number of benzene rings is 2. The molecule has 108 valence electrons. The highest BCUT2D eigenvalue weighted by molar-refractivity contribution is 5.85. The van der Waals surface area contributed by atoms with Crippen molar-refractivity contribution in [2.24, 2.45) is 5.73 Å². The van der Waals surface area contributed by atoms with Gasteiger partial charge < -0.3 is 10.2 Å². The number of hydrogen-bond acceptors (Lipinski definition) is 3. The summed E-state index contributed by atoms with van der Waals surface area (Å²) in [5.41, 5.74) is 7.90. The highest BCUT2D eigenvalue weighted by Crippen LogP contribution is 2.28. The molecule has 1 unspecified atom stereocenters. The number of hydrogen-bond donors (Lipinski definition) is 1. The highest BCUT2D eigenvalue weighted by atomic mass is 35.5. The van der Waals surface area contributed by atoms with E-state index in [0.717, 1.165) is 5.56 Å². The maximum Gasteiger partial charge on any atom is 0.198 e. The summed E-state index contributed by atoms with van der Waals surface area (Å²) in [5, 5.41) is 0.569. The molecule has 0 aliphatic rings. The number of nitrogens with two attached hydrogens (primary N) is 1. The van der Waals surface area contributed by atoms with Crippen LogP contribution in [0.1, 0.15) is 18.5 Å². The quantitative estimate of drug-likeness (QED) is 0.781. The van der Waals surface area contributed by atoms with Crippen molar-refractivity contribution in [1.82, 2.24) is 0 Å². The molecule has 0 saturated carbocycles. The van der Waals surface area contributed by atoms with E-state index >= 15 is 0 Å². The summed E-state index contributed by atoms with van der Waals surface area (Å²) < 4.78 is 5.94. The molecule has 0 fully saturated rings. The Bertz CT molecular complexity index is 810. The second kappa shape index (κ2) is 6.12. The fourth-order valence-corrected chi connectivity index (χ4v) is 2.37. The Morgan fingerprint density at radius 1 is 1.00 bits per heavy atom. The molecular formula is C17H16ClNO2. The van der Waals surface area contributed by atoms with Crippen molar-refractivity contribution in [3.63, 3.8) is 0 Å². The molecule has 0 bridgehead atoms. The number of halogens is 1. The maximum absolute atomic E-state index is 12.6. The van der Waals surface area contributed by atoms with Crippen LogP contribution in [0.3, 0.4) is 0 Å². The zero-order chi connectivity index (χ0) is 14.1. The first-order valence-corrected chi connectivity index (χ1v) is 6.55. The summed E-state index contributed by atoms with van der Waals surface area (Å²) >= 11 is 0. The minimum Gasteiger partial charge on any atom is -0.455 e. The predicted molar refractivity (Wildman–Crippen MR) is 87.8 cm³/mol. The molecule has 3 nitrogen and oxygen atoms in total.